The number of H-pyrrole nitrogens is 2. The van der Waals surface area contributed by atoms with Crippen LogP contribution in [0.15, 0.2) is 24.3 Å². The molecule has 2 aromatic heterocycles. The van der Waals surface area contributed by atoms with Gasteiger partial charge >= 0.3 is 0 Å². The molecule has 2 N–H and O–H groups in total. The Labute approximate surface area is 193 Å². The van der Waals surface area contributed by atoms with E-state index in [-0.39, 0.29) is 18.4 Å². The van der Waals surface area contributed by atoms with Crippen LogP contribution in [0.1, 0.15) is 38.4 Å². The molecule has 1 fully saturated rings. The highest BCUT2D eigenvalue weighted by atomic mass is 16.5. The summed E-state index contributed by atoms with van der Waals surface area (Å²) in [7, 11) is 1.75. The van der Waals surface area contributed by atoms with E-state index in [4.69, 9.17) is 4.74 Å². The summed E-state index contributed by atoms with van der Waals surface area (Å²) >= 11 is 0. The Morgan fingerprint density at radius 1 is 1.30 bits per heavy atom. The number of anilines is 1. The molecule has 174 valence electrons. The first kappa shape index (κ1) is 21.7. The van der Waals surface area contributed by atoms with Crippen molar-refractivity contribution in [3.05, 3.63) is 35.5 Å². The second kappa shape index (κ2) is 8.02. The summed E-state index contributed by atoms with van der Waals surface area (Å²) in [6.45, 7) is 7.30. The van der Waals surface area contributed by atoms with Crippen LogP contribution in [-0.4, -0.2) is 64.7 Å². The van der Waals surface area contributed by atoms with Crippen LogP contribution in [-0.2, 0) is 27.2 Å². The van der Waals surface area contributed by atoms with Crippen molar-refractivity contribution in [3.8, 4) is 11.4 Å². The summed E-state index contributed by atoms with van der Waals surface area (Å²) in [5, 5.41) is 8.95. The molecular formula is C25H31N5O3. The van der Waals surface area contributed by atoms with Crippen molar-refractivity contribution in [2.75, 3.05) is 31.7 Å². The lowest BCUT2D eigenvalue weighted by molar-refractivity contribution is -0.149. The quantitative estimate of drug-likeness (QED) is 0.639. The monoisotopic (exact) mass is 449 g/mol. The summed E-state index contributed by atoms with van der Waals surface area (Å²) in [4.78, 5) is 32.0. The minimum absolute atomic E-state index is 0.0347. The van der Waals surface area contributed by atoms with E-state index in [1.807, 2.05) is 18.2 Å². The van der Waals surface area contributed by atoms with Crippen molar-refractivity contribution < 1.29 is 14.3 Å². The van der Waals surface area contributed by atoms with Crippen molar-refractivity contribution in [1.29, 1.82) is 0 Å². The van der Waals surface area contributed by atoms with Crippen LogP contribution < -0.4 is 4.90 Å². The van der Waals surface area contributed by atoms with E-state index in [2.05, 4.69) is 35.1 Å². The van der Waals surface area contributed by atoms with E-state index in [0.29, 0.717) is 18.6 Å². The number of amides is 2. The van der Waals surface area contributed by atoms with Gasteiger partial charge < -0.3 is 19.5 Å². The number of carbonyl (C=O) groups excluding carboxylic acids is 2. The number of fused-ring (bicyclic) bond motifs is 2. The van der Waals surface area contributed by atoms with E-state index in [0.717, 1.165) is 47.2 Å². The zero-order valence-electron chi connectivity index (χ0n) is 19.7. The fraction of sp³-hybridized carbons (Fsp3) is 0.480. The molecule has 0 radical (unpaired) electrons. The molecule has 1 unspecified atom stereocenters. The molecule has 3 heterocycles. The first-order valence-electron chi connectivity index (χ1n) is 11.6. The predicted octanol–water partition coefficient (Wildman–Crippen LogP) is 3.28. The average molecular weight is 450 g/mol. The number of hydrogen-bond acceptors (Lipinski definition) is 4. The summed E-state index contributed by atoms with van der Waals surface area (Å²) in [6, 6.07) is 7.51. The second-order valence-electron chi connectivity index (χ2n) is 10.0. The van der Waals surface area contributed by atoms with Gasteiger partial charge in [-0.05, 0) is 49.8 Å². The van der Waals surface area contributed by atoms with E-state index in [9.17, 15) is 9.59 Å². The number of aromatic amines is 2. The Balaban J connectivity index is 1.39. The molecule has 8 nitrogen and oxygen atoms in total. The van der Waals surface area contributed by atoms with Crippen LogP contribution in [0.2, 0.25) is 0 Å². The molecule has 5 rings (SSSR count). The van der Waals surface area contributed by atoms with Gasteiger partial charge in [0.25, 0.3) is 0 Å². The molecule has 2 amide bonds. The largest absolute Gasteiger partial charge is 0.370 e. The van der Waals surface area contributed by atoms with E-state index >= 15 is 0 Å². The minimum atomic E-state index is -0.541. The van der Waals surface area contributed by atoms with Gasteiger partial charge in [0.05, 0.1) is 12.3 Å². The lowest BCUT2D eigenvalue weighted by Gasteiger charge is -2.33. The van der Waals surface area contributed by atoms with Gasteiger partial charge in [0.2, 0.25) is 11.8 Å². The maximum Gasteiger partial charge on any atom is 0.249 e. The molecule has 0 spiro atoms. The Morgan fingerprint density at radius 2 is 2.12 bits per heavy atom. The van der Waals surface area contributed by atoms with Crippen LogP contribution in [0.4, 0.5) is 5.69 Å². The highest BCUT2D eigenvalue weighted by Gasteiger charge is 2.31. The molecule has 8 heteroatoms. The molecule has 3 aromatic rings. The van der Waals surface area contributed by atoms with Gasteiger partial charge in [-0.3, -0.25) is 14.7 Å². The van der Waals surface area contributed by atoms with Crippen LogP contribution >= 0.6 is 0 Å². The number of hydrogen-bond donors (Lipinski definition) is 2. The van der Waals surface area contributed by atoms with Crippen LogP contribution in [0.25, 0.3) is 22.3 Å². The van der Waals surface area contributed by atoms with Gasteiger partial charge in [0.1, 0.15) is 18.3 Å². The number of rotatable bonds is 4. The Morgan fingerprint density at radius 3 is 2.91 bits per heavy atom. The summed E-state index contributed by atoms with van der Waals surface area (Å²) in [6.07, 6.45) is 3.17. The van der Waals surface area contributed by atoms with Gasteiger partial charge in [-0.1, -0.05) is 19.9 Å². The van der Waals surface area contributed by atoms with Crippen molar-refractivity contribution in [2.24, 2.45) is 5.41 Å². The SMILES string of the molecule is CC(C(=O)N(C)c1ccc2cc(-c3n[nH]c4c3CCC(C)(C)C4)[nH]c2c1)N1CCOCC1=O. The number of morpholine rings is 1. The topological polar surface area (TPSA) is 94.3 Å². The van der Waals surface area contributed by atoms with Crippen molar-refractivity contribution in [1.82, 2.24) is 20.1 Å². The average Bonchev–Trinajstić information content (AvgIpc) is 3.39. The fourth-order valence-corrected chi connectivity index (χ4v) is 5.00. The molecule has 1 atom stereocenters. The minimum Gasteiger partial charge on any atom is -0.370 e. The molecular weight excluding hydrogens is 418 g/mol. The Hall–Kier alpha value is -3.13. The summed E-state index contributed by atoms with van der Waals surface area (Å²) in [5.74, 6) is -0.272. The zero-order valence-corrected chi connectivity index (χ0v) is 19.7. The highest BCUT2D eigenvalue weighted by molar-refractivity contribution is 6.00. The lowest BCUT2D eigenvalue weighted by Crippen LogP contribution is -2.53. The number of likely N-dealkylation sites (N-methyl/N-ethyl adjacent to an activating group) is 1. The lowest BCUT2D eigenvalue weighted by atomic mass is 9.76. The maximum absolute atomic E-state index is 13.1. The van der Waals surface area contributed by atoms with Crippen molar-refractivity contribution >= 4 is 28.4 Å². The van der Waals surface area contributed by atoms with Gasteiger partial charge in [-0.15, -0.1) is 0 Å². The summed E-state index contributed by atoms with van der Waals surface area (Å²) in [5.41, 5.74) is 6.54. The first-order valence-corrected chi connectivity index (χ1v) is 11.6. The smallest absolute Gasteiger partial charge is 0.249 e. The fourth-order valence-electron chi connectivity index (χ4n) is 5.00. The van der Waals surface area contributed by atoms with Gasteiger partial charge in [0, 0.05) is 41.4 Å². The van der Waals surface area contributed by atoms with Gasteiger partial charge in [-0.25, -0.2) is 0 Å². The number of nitrogens with zero attached hydrogens (tertiary/aromatic N) is 3. The first-order chi connectivity index (χ1) is 15.7. The van der Waals surface area contributed by atoms with Crippen molar-refractivity contribution in [2.45, 2.75) is 46.1 Å². The molecule has 1 aliphatic carbocycles. The third-order valence-electron chi connectivity index (χ3n) is 7.09. The molecule has 0 bridgehead atoms. The highest BCUT2D eigenvalue weighted by Crippen LogP contribution is 2.38. The van der Waals surface area contributed by atoms with Crippen LogP contribution in [0.3, 0.4) is 0 Å². The Kier molecular flexibility index (Phi) is 5.28. The molecule has 33 heavy (non-hydrogen) atoms. The van der Waals surface area contributed by atoms with E-state index in [1.54, 1.807) is 23.8 Å². The predicted molar refractivity (Wildman–Crippen MR) is 127 cm³/mol. The van der Waals surface area contributed by atoms with Gasteiger partial charge in [0.15, 0.2) is 0 Å². The molecule has 1 aliphatic heterocycles. The third-order valence-corrected chi connectivity index (χ3v) is 7.09. The number of nitrogens with one attached hydrogen (secondary N) is 2. The zero-order chi connectivity index (χ0) is 23.3. The molecule has 1 aromatic carbocycles. The standard InChI is InChI=1S/C25H31N5O3/c1-15(30-9-10-33-14-22(30)31)24(32)29(4)17-6-5-16-11-20(26-19(16)12-17)23-18-7-8-25(2,3)13-21(18)27-28-23/h5-6,11-12,15,26H,7-10,13-14H2,1-4H3,(H,27,28). The van der Waals surface area contributed by atoms with E-state index < -0.39 is 6.04 Å². The Bertz CT molecular complexity index is 1220. The number of aromatic nitrogens is 3. The third kappa shape index (κ3) is 3.93. The molecule has 1 saturated heterocycles. The number of ether oxygens (including phenoxy) is 1. The number of carbonyl (C=O) groups is 2. The molecule has 2 aliphatic rings. The molecule has 0 saturated carbocycles. The van der Waals surface area contributed by atoms with Crippen LogP contribution in [0, 0.1) is 5.41 Å². The normalized spacial score (nSPS) is 18.9. The number of benzene rings is 1. The van der Waals surface area contributed by atoms with Crippen molar-refractivity contribution in [3.63, 3.8) is 0 Å². The maximum atomic E-state index is 13.1. The van der Waals surface area contributed by atoms with Gasteiger partial charge in [-0.2, -0.15) is 5.10 Å². The van der Waals surface area contributed by atoms with Crippen LogP contribution in [0.5, 0.6) is 0 Å². The second-order valence-corrected chi connectivity index (χ2v) is 10.0. The van der Waals surface area contributed by atoms with E-state index in [1.165, 1.54) is 11.3 Å². The summed E-state index contributed by atoms with van der Waals surface area (Å²) < 4.78 is 5.19.